The lowest BCUT2D eigenvalue weighted by Crippen LogP contribution is -2.42. The third kappa shape index (κ3) is 13.8. The monoisotopic (exact) mass is 644 g/mol. The van der Waals surface area contributed by atoms with Gasteiger partial charge in [0.15, 0.2) is 0 Å². The minimum Gasteiger partial charge on any atom is -0.497 e. The van der Waals surface area contributed by atoms with E-state index in [-0.39, 0.29) is 15.8 Å². The minimum atomic E-state index is -4.02. The van der Waals surface area contributed by atoms with Gasteiger partial charge in [-0.05, 0) is 67.8 Å². The van der Waals surface area contributed by atoms with Crippen LogP contribution in [0.25, 0.3) is 0 Å². The number of aliphatic hydroxyl groups is 1. The Morgan fingerprint density at radius 3 is 1.66 bits per heavy atom. The van der Waals surface area contributed by atoms with Crippen molar-refractivity contribution < 1.29 is 35.8 Å². The van der Waals surface area contributed by atoms with E-state index in [0.29, 0.717) is 19.5 Å². The predicted octanol–water partition coefficient (Wildman–Crippen LogP) is 4.20. The fourth-order valence-electron chi connectivity index (χ4n) is 3.74. The van der Waals surface area contributed by atoms with Gasteiger partial charge in [0, 0.05) is 19.1 Å². The van der Waals surface area contributed by atoms with Crippen molar-refractivity contribution in [1.82, 2.24) is 5.32 Å². The summed E-state index contributed by atoms with van der Waals surface area (Å²) in [5, 5.41) is 13.4. The molecular weight excluding hydrogens is 604 g/mol. The molecule has 0 amide bonds. The van der Waals surface area contributed by atoms with Gasteiger partial charge in [-0.3, -0.25) is 9.11 Å². The van der Waals surface area contributed by atoms with E-state index >= 15 is 0 Å². The maximum Gasteiger partial charge on any atom is 0.294 e. The van der Waals surface area contributed by atoms with Crippen molar-refractivity contribution in [1.29, 1.82) is 0 Å². The third-order valence-electron chi connectivity index (χ3n) is 6.26. The number of rotatable bonds is 10. The standard InChI is InChI=1S/C18H24N2O2.2C7H8O3S/c1-22-16-9-5-8-15(10-16)12-20-13-18(21)17(19)11-14-6-3-2-4-7-14;2*1-6-2-4-7(5-3-6)11(8,9)10/h2-10,17-18,20-21H,11-13,19H2,1H3;2*2-5H,1H3,(H,8,9,10)/t17-,18+;;/m0../s1. The Morgan fingerprint density at radius 2 is 1.20 bits per heavy atom. The Labute approximate surface area is 260 Å². The molecule has 0 aliphatic carbocycles. The second kappa shape index (κ2) is 17.6. The van der Waals surface area contributed by atoms with E-state index in [1.54, 1.807) is 31.4 Å². The summed E-state index contributed by atoms with van der Waals surface area (Å²) in [5.74, 6) is 0.834. The van der Waals surface area contributed by atoms with Gasteiger partial charge in [-0.2, -0.15) is 16.8 Å². The molecule has 2 atom stereocenters. The summed E-state index contributed by atoms with van der Waals surface area (Å²) < 4.78 is 64.3. The van der Waals surface area contributed by atoms with Gasteiger partial charge < -0.3 is 20.9 Å². The number of hydrogen-bond acceptors (Lipinski definition) is 8. The van der Waals surface area contributed by atoms with E-state index in [2.05, 4.69) is 5.32 Å². The van der Waals surface area contributed by atoms with Gasteiger partial charge in [-0.25, -0.2) is 0 Å². The van der Waals surface area contributed by atoms with E-state index in [1.807, 2.05) is 68.4 Å². The van der Waals surface area contributed by atoms with E-state index < -0.39 is 26.3 Å². The fraction of sp³-hybridized carbons (Fsp3) is 0.250. The molecule has 10 nitrogen and oxygen atoms in total. The topological polar surface area (TPSA) is 176 Å². The van der Waals surface area contributed by atoms with Gasteiger partial charge in [-0.1, -0.05) is 77.9 Å². The summed E-state index contributed by atoms with van der Waals surface area (Å²) in [6.45, 7) is 4.82. The Kier molecular flexibility index (Phi) is 14.6. The molecule has 6 N–H and O–H groups in total. The maximum atomic E-state index is 10.5. The Balaban J connectivity index is 0.000000257. The molecule has 4 aromatic carbocycles. The smallest absolute Gasteiger partial charge is 0.294 e. The average molecular weight is 645 g/mol. The molecular formula is C32H40N2O8S2. The number of ether oxygens (including phenoxy) is 1. The van der Waals surface area contributed by atoms with E-state index in [0.717, 1.165) is 28.0 Å². The van der Waals surface area contributed by atoms with E-state index in [1.165, 1.54) is 24.3 Å². The maximum absolute atomic E-state index is 10.5. The quantitative estimate of drug-likeness (QED) is 0.157. The first kappa shape index (κ1) is 36.6. The van der Waals surface area contributed by atoms with Crippen molar-refractivity contribution in [2.75, 3.05) is 13.7 Å². The molecule has 0 aliphatic heterocycles. The molecule has 0 radical (unpaired) electrons. The summed E-state index contributed by atoms with van der Waals surface area (Å²) in [6, 6.07) is 29.5. The highest BCUT2D eigenvalue weighted by atomic mass is 32.2. The average Bonchev–Trinajstić information content (AvgIpc) is 2.98. The number of aryl methyl sites for hydroxylation is 2. The van der Waals surface area contributed by atoms with Crippen LogP contribution in [0.5, 0.6) is 5.75 Å². The molecule has 0 unspecified atom stereocenters. The summed E-state index contributed by atoms with van der Waals surface area (Å²) >= 11 is 0. The molecule has 0 saturated carbocycles. The van der Waals surface area contributed by atoms with Crippen molar-refractivity contribution >= 4 is 20.2 Å². The summed E-state index contributed by atoms with van der Waals surface area (Å²) in [7, 11) is -6.39. The van der Waals surface area contributed by atoms with Gasteiger partial charge >= 0.3 is 0 Å². The summed E-state index contributed by atoms with van der Waals surface area (Å²) in [5.41, 5.74) is 10.2. The first-order chi connectivity index (χ1) is 20.7. The van der Waals surface area contributed by atoms with Crippen LogP contribution in [0.2, 0.25) is 0 Å². The molecule has 0 fully saturated rings. The van der Waals surface area contributed by atoms with Gasteiger partial charge in [-0.15, -0.1) is 0 Å². The Bertz CT molecular complexity index is 1560. The van der Waals surface area contributed by atoms with Crippen LogP contribution in [0.3, 0.4) is 0 Å². The summed E-state index contributed by atoms with van der Waals surface area (Å²) in [4.78, 5) is -0.133. The highest BCUT2D eigenvalue weighted by Gasteiger charge is 2.15. The third-order valence-corrected chi connectivity index (χ3v) is 8.00. The Morgan fingerprint density at radius 1 is 0.727 bits per heavy atom. The van der Waals surface area contributed by atoms with Gasteiger partial charge in [0.25, 0.3) is 20.2 Å². The molecule has 0 heterocycles. The molecule has 4 rings (SSSR count). The zero-order valence-corrected chi connectivity index (χ0v) is 26.5. The van der Waals surface area contributed by atoms with Gasteiger partial charge in [0.05, 0.1) is 23.0 Å². The molecule has 12 heteroatoms. The minimum absolute atomic E-state index is 0.0666. The normalized spacial score (nSPS) is 12.5. The van der Waals surface area contributed by atoms with Crippen molar-refractivity contribution in [3.05, 3.63) is 125 Å². The zero-order valence-electron chi connectivity index (χ0n) is 24.9. The molecule has 0 aromatic heterocycles. The lowest BCUT2D eigenvalue weighted by atomic mass is 10.0. The van der Waals surface area contributed by atoms with Crippen LogP contribution in [-0.4, -0.2) is 56.8 Å². The number of nitrogens with one attached hydrogen (secondary N) is 1. The van der Waals surface area contributed by atoms with Crippen molar-refractivity contribution in [3.8, 4) is 5.75 Å². The lowest BCUT2D eigenvalue weighted by Gasteiger charge is -2.19. The van der Waals surface area contributed by atoms with Crippen molar-refractivity contribution in [2.24, 2.45) is 5.73 Å². The largest absolute Gasteiger partial charge is 0.497 e. The second-order valence-corrected chi connectivity index (χ2v) is 12.8. The molecule has 0 spiro atoms. The van der Waals surface area contributed by atoms with E-state index in [4.69, 9.17) is 19.6 Å². The number of aliphatic hydroxyl groups excluding tert-OH is 1. The zero-order chi connectivity index (χ0) is 32.8. The molecule has 0 bridgehead atoms. The van der Waals surface area contributed by atoms with Gasteiger partial charge in [0.2, 0.25) is 0 Å². The molecule has 4 aromatic rings. The molecule has 0 aliphatic rings. The van der Waals surface area contributed by atoms with E-state index in [9.17, 15) is 21.9 Å². The first-order valence-electron chi connectivity index (χ1n) is 13.6. The fourth-order valence-corrected chi connectivity index (χ4v) is 4.70. The summed E-state index contributed by atoms with van der Waals surface area (Å²) in [6.07, 6.45) is 0.0915. The highest BCUT2D eigenvalue weighted by molar-refractivity contribution is 7.86. The van der Waals surface area contributed by atoms with Crippen LogP contribution in [0.15, 0.2) is 113 Å². The highest BCUT2D eigenvalue weighted by Crippen LogP contribution is 2.13. The van der Waals surface area contributed by atoms with Crippen molar-refractivity contribution in [2.45, 2.75) is 48.7 Å². The van der Waals surface area contributed by atoms with Crippen LogP contribution in [0, 0.1) is 13.8 Å². The SMILES string of the molecule is COc1cccc(CNC[C@@H](O)[C@@H](N)Cc2ccccc2)c1.Cc1ccc(S(=O)(=O)O)cc1.Cc1ccc(S(=O)(=O)O)cc1. The first-order valence-corrected chi connectivity index (χ1v) is 16.5. The molecule has 238 valence electrons. The van der Waals surface area contributed by atoms with Crippen molar-refractivity contribution in [3.63, 3.8) is 0 Å². The van der Waals surface area contributed by atoms with Crippen LogP contribution in [0.4, 0.5) is 0 Å². The molecule has 0 saturated heterocycles. The number of nitrogens with two attached hydrogens (primary N) is 1. The lowest BCUT2D eigenvalue weighted by molar-refractivity contribution is 0.141. The van der Waals surface area contributed by atoms with Crippen LogP contribution in [0.1, 0.15) is 22.3 Å². The Hall–Kier alpha value is -3.62. The second-order valence-electron chi connectivity index (χ2n) is 9.98. The van der Waals surface area contributed by atoms with Crippen LogP contribution in [-0.2, 0) is 33.2 Å². The number of benzene rings is 4. The van der Waals surface area contributed by atoms with Crippen LogP contribution >= 0.6 is 0 Å². The van der Waals surface area contributed by atoms with Crippen LogP contribution < -0.4 is 15.8 Å². The molecule has 44 heavy (non-hydrogen) atoms. The van der Waals surface area contributed by atoms with Gasteiger partial charge in [0.1, 0.15) is 5.75 Å². The number of hydrogen-bond donors (Lipinski definition) is 5. The predicted molar refractivity (Wildman–Crippen MR) is 171 cm³/mol. The number of methoxy groups -OCH3 is 1.